The first-order valence-electron chi connectivity index (χ1n) is 12.5. The number of anilines is 5. The molecule has 0 spiro atoms. The van der Waals surface area contributed by atoms with Gasteiger partial charge in [0.05, 0.1) is 0 Å². The molecule has 2 amide bonds. The number of carbonyl (C=O) groups is 2. The number of benzene rings is 2. The molecular formula is C27H33N9O2. The van der Waals surface area contributed by atoms with Gasteiger partial charge in [-0.2, -0.15) is 15.0 Å². The van der Waals surface area contributed by atoms with E-state index >= 15 is 0 Å². The van der Waals surface area contributed by atoms with Crippen LogP contribution in [0.3, 0.4) is 0 Å². The Kier molecular flexibility index (Phi) is 8.83. The van der Waals surface area contributed by atoms with Crippen molar-refractivity contribution in [2.75, 3.05) is 43.1 Å². The molecule has 2 heterocycles. The predicted molar refractivity (Wildman–Crippen MR) is 149 cm³/mol. The van der Waals surface area contributed by atoms with Gasteiger partial charge >= 0.3 is 0 Å². The number of carbonyl (C=O) groups excluding carboxylic acids is 2. The molecule has 1 aliphatic rings. The normalized spacial score (nSPS) is 14.8. The standard InChI is InChI=1S/C27H33N9O2/c1-36(2)14-13-29-25(38)18-8-5-9-20(15-18)31-26-33-24-19(17-28)7-3-4-12-23(37)30-21-10-6-11-22(16-21)32-27(34-24)35-26/h5-6,8-11,15-17H,3-4,7,12-14,28H2,1-2H3,(H,29,38)(H,30,37)(H2,31,32,33,34,35). The summed E-state index contributed by atoms with van der Waals surface area (Å²) in [6.07, 6.45) is 3.96. The summed E-state index contributed by atoms with van der Waals surface area (Å²) in [6, 6.07) is 14.5. The van der Waals surface area contributed by atoms with Gasteiger partial charge in [0, 0.05) is 53.9 Å². The molecule has 1 aliphatic heterocycles. The zero-order valence-corrected chi connectivity index (χ0v) is 21.6. The summed E-state index contributed by atoms with van der Waals surface area (Å²) in [4.78, 5) is 40.6. The molecule has 0 atom stereocenters. The van der Waals surface area contributed by atoms with Crippen molar-refractivity contribution >= 4 is 46.3 Å². The van der Waals surface area contributed by atoms with E-state index in [4.69, 9.17) is 5.73 Å². The number of nitrogens with two attached hydrogens (primary N) is 1. The molecule has 0 radical (unpaired) electrons. The lowest BCUT2D eigenvalue weighted by molar-refractivity contribution is -0.116. The highest BCUT2D eigenvalue weighted by atomic mass is 16.2. The molecule has 4 bridgehead atoms. The Morgan fingerprint density at radius 2 is 1.79 bits per heavy atom. The highest BCUT2D eigenvalue weighted by Crippen LogP contribution is 2.25. The number of nitrogens with one attached hydrogen (secondary N) is 4. The van der Waals surface area contributed by atoms with Crippen LogP contribution < -0.4 is 27.0 Å². The molecule has 198 valence electrons. The fourth-order valence-electron chi connectivity index (χ4n) is 3.89. The zero-order chi connectivity index (χ0) is 26.9. The molecule has 38 heavy (non-hydrogen) atoms. The van der Waals surface area contributed by atoms with E-state index in [1.54, 1.807) is 18.2 Å². The summed E-state index contributed by atoms with van der Waals surface area (Å²) in [5.74, 6) is 0.859. The van der Waals surface area contributed by atoms with Gasteiger partial charge < -0.3 is 31.9 Å². The predicted octanol–water partition coefficient (Wildman–Crippen LogP) is 3.46. The Morgan fingerprint density at radius 1 is 1.03 bits per heavy atom. The van der Waals surface area contributed by atoms with Crippen LogP contribution in [-0.2, 0) is 4.79 Å². The number of hydrogen-bond acceptors (Lipinski definition) is 9. The van der Waals surface area contributed by atoms with Gasteiger partial charge in [-0.05, 0) is 69.8 Å². The van der Waals surface area contributed by atoms with Crippen LogP contribution in [0.1, 0.15) is 41.9 Å². The van der Waals surface area contributed by atoms with E-state index in [1.165, 1.54) is 6.20 Å². The maximum atomic E-state index is 12.6. The van der Waals surface area contributed by atoms with Crippen molar-refractivity contribution in [1.29, 1.82) is 0 Å². The highest BCUT2D eigenvalue weighted by Gasteiger charge is 2.14. The number of nitrogens with zero attached hydrogens (tertiary/aromatic N) is 4. The highest BCUT2D eigenvalue weighted by molar-refractivity contribution is 5.95. The molecule has 2 aromatic carbocycles. The number of rotatable bonds is 6. The van der Waals surface area contributed by atoms with Gasteiger partial charge in [-0.1, -0.05) is 12.1 Å². The summed E-state index contributed by atoms with van der Waals surface area (Å²) < 4.78 is 0. The molecule has 4 rings (SSSR count). The van der Waals surface area contributed by atoms with E-state index in [9.17, 15) is 9.59 Å². The van der Waals surface area contributed by atoms with Crippen LogP contribution in [0.15, 0.2) is 54.7 Å². The van der Waals surface area contributed by atoms with Crippen LogP contribution in [0.5, 0.6) is 0 Å². The van der Waals surface area contributed by atoms with Gasteiger partial charge in [-0.3, -0.25) is 9.59 Å². The van der Waals surface area contributed by atoms with Gasteiger partial charge in [-0.25, -0.2) is 0 Å². The van der Waals surface area contributed by atoms with E-state index in [0.29, 0.717) is 66.2 Å². The number of hydrogen-bond donors (Lipinski definition) is 5. The zero-order valence-electron chi connectivity index (χ0n) is 21.6. The van der Waals surface area contributed by atoms with E-state index in [0.717, 1.165) is 18.5 Å². The molecule has 1 aromatic heterocycles. The molecule has 11 heteroatoms. The largest absolute Gasteiger partial charge is 0.404 e. The third kappa shape index (κ3) is 7.50. The van der Waals surface area contributed by atoms with Crippen LogP contribution in [0, 0.1) is 0 Å². The number of amides is 2. The molecule has 0 saturated heterocycles. The molecule has 11 nitrogen and oxygen atoms in total. The molecule has 3 aromatic rings. The SMILES string of the molecule is CN(C)CCNC(=O)c1cccc(Nc2nc3nc(n2)C(=CN)CCCCC(=O)Nc2cccc(c2)N3)c1. The number of aromatic nitrogens is 3. The first-order valence-corrected chi connectivity index (χ1v) is 12.5. The lowest BCUT2D eigenvalue weighted by Crippen LogP contribution is -2.31. The minimum atomic E-state index is -0.157. The van der Waals surface area contributed by atoms with Crippen LogP contribution in [0.2, 0.25) is 0 Å². The van der Waals surface area contributed by atoms with E-state index in [-0.39, 0.29) is 11.8 Å². The molecule has 0 saturated carbocycles. The van der Waals surface area contributed by atoms with Gasteiger partial charge in [-0.15, -0.1) is 0 Å². The van der Waals surface area contributed by atoms with Crippen LogP contribution in [-0.4, -0.2) is 58.9 Å². The average molecular weight is 516 g/mol. The van der Waals surface area contributed by atoms with E-state index in [1.807, 2.05) is 49.3 Å². The monoisotopic (exact) mass is 515 g/mol. The summed E-state index contributed by atoms with van der Waals surface area (Å²) in [5.41, 5.74) is 9.27. The number of likely N-dealkylation sites (N-methyl/N-ethyl adjacent to an activating group) is 1. The minimum Gasteiger partial charge on any atom is -0.404 e. The third-order valence-corrected chi connectivity index (χ3v) is 5.85. The molecular weight excluding hydrogens is 482 g/mol. The molecule has 6 N–H and O–H groups in total. The number of allylic oxidation sites excluding steroid dienone is 1. The maximum absolute atomic E-state index is 12.6. The lowest BCUT2D eigenvalue weighted by atomic mass is 10.1. The van der Waals surface area contributed by atoms with Gasteiger partial charge in [0.25, 0.3) is 5.91 Å². The first-order chi connectivity index (χ1) is 18.4. The van der Waals surface area contributed by atoms with Crippen molar-refractivity contribution in [2.24, 2.45) is 5.73 Å². The fraction of sp³-hybridized carbons (Fsp3) is 0.296. The average Bonchev–Trinajstić information content (AvgIpc) is 2.88. The Balaban J connectivity index is 1.62. The third-order valence-electron chi connectivity index (χ3n) is 5.85. The number of fused-ring (bicyclic) bond motifs is 4. The summed E-state index contributed by atoms with van der Waals surface area (Å²) in [7, 11) is 3.91. The second-order valence-electron chi connectivity index (χ2n) is 9.22. The Bertz CT molecular complexity index is 1320. The molecule has 0 unspecified atom stereocenters. The lowest BCUT2D eigenvalue weighted by Gasteiger charge is -2.14. The van der Waals surface area contributed by atoms with Crippen molar-refractivity contribution in [1.82, 2.24) is 25.2 Å². The molecule has 0 fully saturated rings. The Labute approximate surface area is 222 Å². The summed E-state index contributed by atoms with van der Waals surface area (Å²) in [6.45, 7) is 1.30. The van der Waals surface area contributed by atoms with E-state index in [2.05, 4.69) is 36.2 Å². The van der Waals surface area contributed by atoms with Crippen LogP contribution >= 0.6 is 0 Å². The van der Waals surface area contributed by atoms with Crippen molar-refractivity contribution in [3.05, 3.63) is 66.1 Å². The van der Waals surface area contributed by atoms with Crippen LogP contribution in [0.25, 0.3) is 5.57 Å². The van der Waals surface area contributed by atoms with Crippen molar-refractivity contribution in [2.45, 2.75) is 25.7 Å². The van der Waals surface area contributed by atoms with Gasteiger partial charge in [0.15, 0.2) is 5.82 Å². The van der Waals surface area contributed by atoms with Gasteiger partial charge in [0.1, 0.15) is 0 Å². The smallest absolute Gasteiger partial charge is 0.251 e. The van der Waals surface area contributed by atoms with Crippen molar-refractivity contribution in [3.63, 3.8) is 0 Å². The minimum absolute atomic E-state index is 0.0366. The van der Waals surface area contributed by atoms with Crippen molar-refractivity contribution in [3.8, 4) is 0 Å². The Morgan fingerprint density at radius 3 is 2.58 bits per heavy atom. The van der Waals surface area contributed by atoms with Crippen LogP contribution in [0.4, 0.5) is 29.0 Å². The maximum Gasteiger partial charge on any atom is 0.251 e. The Hall–Kier alpha value is -4.51. The van der Waals surface area contributed by atoms with E-state index < -0.39 is 0 Å². The fourth-order valence-corrected chi connectivity index (χ4v) is 3.89. The topological polar surface area (TPSA) is 150 Å². The summed E-state index contributed by atoms with van der Waals surface area (Å²) in [5, 5.41) is 12.2. The van der Waals surface area contributed by atoms with Gasteiger partial charge in [0.2, 0.25) is 17.8 Å². The summed E-state index contributed by atoms with van der Waals surface area (Å²) >= 11 is 0. The first kappa shape index (κ1) is 26.6. The molecule has 0 aliphatic carbocycles. The quantitative estimate of drug-likeness (QED) is 0.332. The second kappa shape index (κ2) is 12.6. The second-order valence-corrected chi connectivity index (χ2v) is 9.22. The van der Waals surface area contributed by atoms with Crippen molar-refractivity contribution < 1.29 is 9.59 Å².